The SMILES string of the molecule is Cc1nc(-c2ccc(Br)c(Br)c2)c(N)n1C(C)C. The number of nitrogens with zero attached hydrogens (tertiary/aromatic N) is 2. The number of hydrogen-bond acceptors (Lipinski definition) is 2. The summed E-state index contributed by atoms with van der Waals surface area (Å²) in [5.74, 6) is 1.66. The van der Waals surface area contributed by atoms with E-state index in [0.717, 1.165) is 31.8 Å². The fourth-order valence-electron chi connectivity index (χ4n) is 2.07. The van der Waals surface area contributed by atoms with Crippen LogP contribution in [0.15, 0.2) is 27.1 Å². The number of aryl methyl sites for hydroxylation is 1. The van der Waals surface area contributed by atoms with Gasteiger partial charge in [-0.1, -0.05) is 6.07 Å². The topological polar surface area (TPSA) is 43.8 Å². The molecular weight excluding hydrogens is 358 g/mol. The van der Waals surface area contributed by atoms with Crippen molar-refractivity contribution < 1.29 is 0 Å². The smallest absolute Gasteiger partial charge is 0.131 e. The zero-order chi connectivity index (χ0) is 13.4. The standard InChI is InChI=1S/C13H15Br2N3/c1-7(2)18-8(3)17-12(13(18)16)9-4-5-10(14)11(15)6-9/h4-7H,16H2,1-3H3. The molecule has 1 aromatic heterocycles. The summed E-state index contributed by atoms with van der Waals surface area (Å²) in [4.78, 5) is 4.57. The van der Waals surface area contributed by atoms with Gasteiger partial charge < -0.3 is 10.3 Å². The maximum atomic E-state index is 6.20. The van der Waals surface area contributed by atoms with E-state index < -0.39 is 0 Å². The van der Waals surface area contributed by atoms with E-state index in [-0.39, 0.29) is 0 Å². The van der Waals surface area contributed by atoms with Crippen molar-refractivity contribution >= 4 is 37.7 Å². The van der Waals surface area contributed by atoms with Gasteiger partial charge in [0.2, 0.25) is 0 Å². The maximum absolute atomic E-state index is 6.20. The number of nitrogen functional groups attached to an aromatic ring is 1. The summed E-state index contributed by atoms with van der Waals surface area (Å²) in [5, 5.41) is 0. The molecule has 0 spiro atoms. The van der Waals surface area contributed by atoms with Gasteiger partial charge in [-0.25, -0.2) is 4.98 Å². The molecule has 0 bridgehead atoms. The highest BCUT2D eigenvalue weighted by atomic mass is 79.9. The summed E-state index contributed by atoms with van der Waals surface area (Å²) >= 11 is 6.96. The molecule has 1 aromatic carbocycles. The molecule has 0 aliphatic heterocycles. The lowest BCUT2D eigenvalue weighted by Crippen LogP contribution is -2.07. The predicted octanol–water partition coefficient (Wildman–Crippen LogP) is 4.55. The van der Waals surface area contributed by atoms with Gasteiger partial charge in [-0.15, -0.1) is 0 Å². The average molecular weight is 373 g/mol. The summed E-state index contributed by atoms with van der Waals surface area (Å²) in [7, 11) is 0. The number of benzene rings is 1. The fourth-order valence-corrected chi connectivity index (χ4v) is 2.69. The van der Waals surface area contributed by atoms with Crippen LogP contribution in [0.4, 0.5) is 5.82 Å². The Morgan fingerprint density at radius 1 is 1.22 bits per heavy atom. The molecule has 2 rings (SSSR count). The van der Waals surface area contributed by atoms with Crippen LogP contribution in [0.25, 0.3) is 11.3 Å². The molecule has 0 amide bonds. The minimum Gasteiger partial charge on any atom is -0.383 e. The summed E-state index contributed by atoms with van der Waals surface area (Å²) in [6, 6.07) is 6.33. The Hall–Kier alpha value is -0.810. The van der Waals surface area contributed by atoms with Gasteiger partial charge in [0, 0.05) is 20.6 Å². The molecular formula is C13H15Br2N3. The molecule has 0 aliphatic rings. The highest BCUT2D eigenvalue weighted by Crippen LogP contribution is 2.33. The summed E-state index contributed by atoms with van der Waals surface area (Å²) in [6.45, 7) is 6.19. The molecule has 0 aliphatic carbocycles. The molecule has 0 radical (unpaired) electrons. The Morgan fingerprint density at radius 3 is 2.39 bits per heavy atom. The maximum Gasteiger partial charge on any atom is 0.131 e. The zero-order valence-corrected chi connectivity index (χ0v) is 13.7. The van der Waals surface area contributed by atoms with Gasteiger partial charge in [0.25, 0.3) is 0 Å². The van der Waals surface area contributed by atoms with Crippen LogP contribution in [0.1, 0.15) is 25.7 Å². The van der Waals surface area contributed by atoms with Crippen molar-refractivity contribution in [2.24, 2.45) is 0 Å². The summed E-state index contributed by atoms with van der Waals surface area (Å²) < 4.78 is 4.06. The van der Waals surface area contributed by atoms with E-state index in [1.54, 1.807) is 0 Å². The third-order valence-corrected chi connectivity index (χ3v) is 4.71. The van der Waals surface area contributed by atoms with Crippen LogP contribution in [0, 0.1) is 6.92 Å². The number of nitrogens with two attached hydrogens (primary N) is 1. The lowest BCUT2D eigenvalue weighted by atomic mass is 10.1. The zero-order valence-electron chi connectivity index (χ0n) is 10.5. The summed E-state index contributed by atoms with van der Waals surface area (Å²) in [6.07, 6.45) is 0. The van der Waals surface area contributed by atoms with Crippen molar-refractivity contribution in [3.8, 4) is 11.3 Å². The third-order valence-electron chi connectivity index (χ3n) is 2.83. The van der Waals surface area contributed by atoms with Gasteiger partial charge in [-0.05, 0) is 64.8 Å². The first-order valence-electron chi connectivity index (χ1n) is 5.71. The number of hydrogen-bond donors (Lipinski definition) is 1. The number of anilines is 1. The lowest BCUT2D eigenvalue weighted by molar-refractivity contribution is 0.590. The van der Waals surface area contributed by atoms with E-state index in [1.165, 1.54) is 0 Å². The van der Waals surface area contributed by atoms with Gasteiger partial charge in [0.05, 0.1) is 0 Å². The average Bonchev–Trinajstić information content (AvgIpc) is 2.58. The molecule has 96 valence electrons. The largest absolute Gasteiger partial charge is 0.383 e. The van der Waals surface area contributed by atoms with Crippen molar-refractivity contribution in [1.29, 1.82) is 0 Å². The Labute approximate surface area is 124 Å². The van der Waals surface area contributed by atoms with Gasteiger partial charge >= 0.3 is 0 Å². The first-order valence-corrected chi connectivity index (χ1v) is 7.30. The Morgan fingerprint density at radius 2 is 1.89 bits per heavy atom. The van der Waals surface area contributed by atoms with Crippen molar-refractivity contribution in [2.45, 2.75) is 26.8 Å². The molecule has 1 heterocycles. The van der Waals surface area contributed by atoms with Crippen LogP contribution in [-0.4, -0.2) is 9.55 Å². The van der Waals surface area contributed by atoms with Crippen LogP contribution in [0.2, 0.25) is 0 Å². The number of imidazole rings is 1. The van der Waals surface area contributed by atoms with Crippen LogP contribution >= 0.6 is 31.9 Å². The normalized spacial score (nSPS) is 11.2. The number of halogens is 2. The monoisotopic (exact) mass is 371 g/mol. The second kappa shape index (κ2) is 5.05. The van der Waals surface area contributed by atoms with E-state index in [0.29, 0.717) is 6.04 Å². The van der Waals surface area contributed by atoms with Crippen LogP contribution < -0.4 is 5.73 Å². The molecule has 0 saturated carbocycles. The van der Waals surface area contributed by atoms with E-state index in [1.807, 2.05) is 29.7 Å². The molecule has 18 heavy (non-hydrogen) atoms. The number of rotatable bonds is 2. The van der Waals surface area contributed by atoms with Crippen molar-refractivity contribution in [3.05, 3.63) is 33.0 Å². The summed E-state index contributed by atoms with van der Waals surface area (Å²) in [5.41, 5.74) is 8.06. The molecule has 0 unspecified atom stereocenters. The van der Waals surface area contributed by atoms with E-state index in [2.05, 4.69) is 50.7 Å². The van der Waals surface area contributed by atoms with Gasteiger partial charge in [-0.2, -0.15) is 0 Å². The Kier molecular flexibility index (Phi) is 3.82. The first-order chi connectivity index (χ1) is 8.41. The third kappa shape index (κ3) is 2.34. The molecule has 5 heteroatoms. The van der Waals surface area contributed by atoms with Crippen LogP contribution in [0.5, 0.6) is 0 Å². The van der Waals surface area contributed by atoms with E-state index >= 15 is 0 Å². The number of aromatic nitrogens is 2. The van der Waals surface area contributed by atoms with Crippen molar-refractivity contribution in [1.82, 2.24) is 9.55 Å². The van der Waals surface area contributed by atoms with Crippen LogP contribution in [-0.2, 0) is 0 Å². The molecule has 0 atom stereocenters. The molecule has 2 aromatic rings. The molecule has 0 fully saturated rings. The Balaban J connectivity index is 2.58. The van der Waals surface area contributed by atoms with Crippen molar-refractivity contribution in [3.63, 3.8) is 0 Å². The minimum absolute atomic E-state index is 0.310. The second-order valence-electron chi connectivity index (χ2n) is 4.49. The minimum atomic E-state index is 0.310. The van der Waals surface area contributed by atoms with Gasteiger partial charge in [-0.3, -0.25) is 0 Å². The fraction of sp³-hybridized carbons (Fsp3) is 0.308. The molecule has 2 N–H and O–H groups in total. The first kappa shape index (κ1) is 13.6. The lowest BCUT2D eigenvalue weighted by Gasteiger charge is -2.11. The predicted molar refractivity (Wildman–Crippen MR) is 82.6 cm³/mol. The van der Waals surface area contributed by atoms with E-state index in [9.17, 15) is 0 Å². The highest BCUT2D eigenvalue weighted by Gasteiger charge is 2.15. The van der Waals surface area contributed by atoms with Gasteiger partial charge in [0.1, 0.15) is 17.3 Å². The quantitative estimate of drug-likeness (QED) is 0.840. The van der Waals surface area contributed by atoms with Crippen molar-refractivity contribution in [2.75, 3.05) is 5.73 Å². The molecule has 3 nitrogen and oxygen atoms in total. The van der Waals surface area contributed by atoms with Crippen LogP contribution in [0.3, 0.4) is 0 Å². The molecule has 0 saturated heterocycles. The van der Waals surface area contributed by atoms with E-state index in [4.69, 9.17) is 5.73 Å². The van der Waals surface area contributed by atoms with Gasteiger partial charge in [0.15, 0.2) is 0 Å². The second-order valence-corrected chi connectivity index (χ2v) is 6.19. The Bertz CT molecular complexity index is 588. The highest BCUT2D eigenvalue weighted by molar-refractivity contribution is 9.13.